The van der Waals surface area contributed by atoms with Gasteiger partial charge >= 0.3 is 5.69 Å². The molecule has 1 aromatic heterocycles. The fourth-order valence-corrected chi connectivity index (χ4v) is 1.39. The first-order chi connectivity index (χ1) is 7.54. The topological polar surface area (TPSA) is 61.4 Å². The molecule has 0 saturated carbocycles. The molecule has 1 unspecified atom stereocenters. The van der Waals surface area contributed by atoms with Gasteiger partial charge in [0.2, 0.25) is 0 Å². The summed E-state index contributed by atoms with van der Waals surface area (Å²) in [6.07, 6.45) is 4.33. The molecular weight excluding hydrogens is 231 g/mol. The van der Waals surface area contributed by atoms with Gasteiger partial charge in [0.15, 0.2) is 5.50 Å². The first kappa shape index (κ1) is 12.7. The van der Waals surface area contributed by atoms with Gasteiger partial charge in [0.05, 0.1) is 11.9 Å². The standard InChI is InChI=1S/C9H13FN4OS/c1-14(2)5-12-8-6(7(10)16-3)4-11-9(15)13-8/h4-5,7H,1-3H3,(H,11,13,15)/b12-5+. The van der Waals surface area contributed by atoms with Crippen molar-refractivity contribution in [2.75, 3.05) is 20.4 Å². The van der Waals surface area contributed by atoms with Crippen LogP contribution in [0.2, 0.25) is 0 Å². The Bertz CT molecular complexity index is 432. The number of aromatic amines is 1. The van der Waals surface area contributed by atoms with Crippen molar-refractivity contribution in [3.63, 3.8) is 0 Å². The van der Waals surface area contributed by atoms with E-state index in [1.807, 2.05) is 0 Å². The molecule has 7 heteroatoms. The second kappa shape index (κ2) is 5.64. The summed E-state index contributed by atoms with van der Waals surface area (Å²) in [5.41, 5.74) is -1.52. The van der Waals surface area contributed by atoms with E-state index in [1.54, 1.807) is 25.3 Å². The van der Waals surface area contributed by atoms with Gasteiger partial charge in [0.1, 0.15) is 5.82 Å². The van der Waals surface area contributed by atoms with Crippen LogP contribution in [0.1, 0.15) is 11.1 Å². The van der Waals surface area contributed by atoms with Crippen LogP contribution in [0.15, 0.2) is 16.0 Å². The molecule has 1 atom stereocenters. The maximum Gasteiger partial charge on any atom is 0.346 e. The van der Waals surface area contributed by atoms with E-state index < -0.39 is 11.2 Å². The van der Waals surface area contributed by atoms with Crippen molar-refractivity contribution in [2.45, 2.75) is 5.50 Å². The van der Waals surface area contributed by atoms with Gasteiger partial charge in [-0.2, -0.15) is 0 Å². The summed E-state index contributed by atoms with van der Waals surface area (Å²) in [6.45, 7) is 0. The van der Waals surface area contributed by atoms with Crippen LogP contribution < -0.4 is 5.69 Å². The number of nitrogens with one attached hydrogen (secondary N) is 1. The SMILES string of the molecule is CSC(F)c1cnc(=O)[nH]c1/N=C/N(C)C. The highest BCUT2D eigenvalue weighted by atomic mass is 32.2. The van der Waals surface area contributed by atoms with Gasteiger partial charge in [-0.15, -0.1) is 11.8 Å². The van der Waals surface area contributed by atoms with E-state index in [-0.39, 0.29) is 11.4 Å². The Balaban J connectivity index is 3.13. The summed E-state index contributed by atoms with van der Waals surface area (Å²) >= 11 is 1.02. The van der Waals surface area contributed by atoms with Crippen molar-refractivity contribution >= 4 is 23.9 Å². The number of thioether (sulfide) groups is 1. The third kappa shape index (κ3) is 3.34. The van der Waals surface area contributed by atoms with E-state index >= 15 is 0 Å². The molecule has 5 nitrogen and oxygen atoms in total. The van der Waals surface area contributed by atoms with Gasteiger partial charge in [-0.25, -0.2) is 19.2 Å². The summed E-state index contributed by atoms with van der Waals surface area (Å²) < 4.78 is 13.5. The molecule has 0 aliphatic rings. The van der Waals surface area contributed by atoms with E-state index in [9.17, 15) is 9.18 Å². The van der Waals surface area contributed by atoms with E-state index in [0.29, 0.717) is 0 Å². The van der Waals surface area contributed by atoms with E-state index in [0.717, 1.165) is 11.8 Å². The Morgan fingerprint density at radius 2 is 2.38 bits per heavy atom. The van der Waals surface area contributed by atoms with Crippen molar-refractivity contribution < 1.29 is 4.39 Å². The average molecular weight is 244 g/mol. The van der Waals surface area contributed by atoms with Crippen molar-refractivity contribution in [1.82, 2.24) is 14.9 Å². The van der Waals surface area contributed by atoms with Gasteiger partial charge in [0.25, 0.3) is 0 Å². The van der Waals surface area contributed by atoms with Crippen LogP contribution in [0, 0.1) is 0 Å². The molecule has 0 saturated heterocycles. The Morgan fingerprint density at radius 3 is 2.94 bits per heavy atom. The fourth-order valence-electron chi connectivity index (χ4n) is 0.968. The minimum absolute atomic E-state index is 0.204. The van der Waals surface area contributed by atoms with Crippen molar-refractivity contribution in [2.24, 2.45) is 4.99 Å². The quantitative estimate of drug-likeness (QED) is 0.641. The molecule has 1 aromatic rings. The molecule has 1 rings (SSSR count). The largest absolute Gasteiger partial charge is 0.369 e. The predicted octanol–water partition coefficient (Wildman–Crippen LogP) is 1.32. The number of halogens is 1. The van der Waals surface area contributed by atoms with Crippen LogP contribution in [0.25, 0.3) is 0 Å². The summed E-state index contributed by atoms with van der Waals surface area (Å²) in [4.78, 5) is 22.6. The third-order valence-electron chi connectivity index (χ3n) is 1.69. The molecule has 0 fully saturated rings. The van der Waals surface area contributed by atoms with Crippen molar-refractivity contribution in [3.05, 3.63) is 22.2 Å². The molecule has 0 spiro atoms. The lowest BCUT2D eigenvalue weighted by Gasteiger charge is -2.08. The number of rotatable bonds is 4. The van der Waals surface area contributed by atoms with Crippen LogP contribution in [-0.2, 0) is 0 Å². The lowest BCUT2D eigenvalue weighted by atomic mass is 10.3. The second-order valence-corrected chi connectivity index (χ2v) is 4.14. The van der Waals surface area contributed by atoms with E-state index in [4.69, 9.17) is 0 Å². The fraction of sp³-hybridized carbons (Fsp3) is 0.444. The molecule has 0 aliphatic carbocycles. The highest BCUT2D eigenvalue weighted by Gasteiger charge is 2.13. The normalized spacial score (nSPS) is 13.0. The molecule has 0 aromatic carbocycles. The van der Waals surface area contributed by atoms with Gasteiger partial charge < -0.3 is 4.90 Å². The Kier molecular flexibility index (Phi) is 4.48. The summed E-state index contributed by atoms with van der Waals surface area (Å²) in [6, 6.07) is 0. The van der Waals surface area contributed by atoms with Crippen LogP contribution in [0.5, 0.6) is 0 Å². The smallest absolute Gasteiger partial charge is 0.346 e. The molecule has 0 radical (unpaired) electrons. The first-order valence-corrected chi connectivity index (χ1v) is 5.80. The van der Waals surface area contributed by atoms with Gasteiger partial charge in [-0.1, -0.05) is 0 Å². The Morgan fingerprint density at radius 1 is 1.69 bits per heavy atom. The average Bonchev–Trinajstić information content (AvgIpc) is 2.25. The first-order valence-electron chi connectivity index (χ1n) is 4.51. The maximum absolute atomic E-state index is 13.5. The van der Waals surface area contributed by atoms with Gasteiger partial charge in [-0.05, 0) is 6.26 Å². The van der Waals surface area contributed by atoms with E-state index in [2.05, 4.69) is 15.0 Å². The van der Waals surface area contributed by atoms with Crippen LogP contribution >= 0.6 is 11.8 Å². The van der Waals surface area contributed by atoms with Crippen LogP contribution in [-0.4, -0.2) is 41.6 Å². The number of hydrogen-bond donors (Lipinski definition) is 1. The number of alkyl halides is 1. The van der Waals surface area contributed by atoms with Crippen LogP contribution in [0.4, 0.5) is 10.2 Å². The minimum Gasteiger partial charge on any atom is -0.369 e. The maximum atomic E-state index is 13.5. The molecule has 1 heterocycles. The zero-order valence-corrected chi connectivity index (χ0v) is 10.1. The molecule has 0 amide bonds. The van der Waals surface area contributed by atoms with Gasteiger partial charge in [-0.3, -0.25) is 4.98 Å². The van der Waals surface area contributed by atoms with Crippen molar-refractivity contribution in [1.29, 1.82) is 0 Å². The summed E-state index contributed by atoms with van der Waals surface area (Å²) in [5, 5.41) is 0. The number of H-pyrrole nitrogens is 1. The number of nitrogens with zero attached hydrogens (tertiary/aromatic N) is 3. The monoisotopic (exact) mass is 244 g/mol. The van der Waals surface area contributed by atoms with E-state index in [1.165, 1.54) is 12.5 Å². The molecule has 16 heavy (non-hydrogen) atoms. The predicted molar refractivity (Wildman–Crippen MR) is 64.1 cm³/mol. The summed E-state index contributed by atoms with van der Waals surface area (Å²) in [5.74, 6) is 0.204. The van der Waals surface area contributed by atoms with Crippen molar-refractivity contribution in [3.8, 4) is 0 Å². The Hall–Kier alpha value is -1.37. The molecule has 0 aliphatic heterocycles. The second-order valence-electron chi connectivity index (χ2n) is 3.25. The Labute approximate surface area is 96.8 Å². The zero-order chi connectivity index (χ0) is 12.1. The lowest BCUT2D eigenvalue weighted by molar-refractivity contribution is 0.468. The zero-order valence-electron chi connectivity index (χ0n) is 9.27. The molecule has 88 valence electrons. The van der Waals surface area contributed by atoms with Gasteiger partial charge in [0, 0.05) is 20.3 Å². The minimum atomic E-state index is -1.25. The molecule has 0 bridgehead atoms. The molecular formula is C9H13FN4OS. The molecule has 1 N–H and O–H groups in total. The lowest BCUT2D eigenvalue weighted by Crippen LogP contribution is -2.12. The number of hydrogen-bond acceptors (Lipinski definition) is 4. The third-order valence-corrected chi connectivity index (χ3v) is 2.36. The number of aromatic nitrogens is 2. The van der Waals surface area contributed by atoms with Crippen LogP contribution in [0.3, 0.4) is 0 Å². The highest BCUT2D eigenvalue weighted by molar-refractivity contribution is 7.98. The highest BCUT2D eigenvalue weighted by Crippen LogP contribution is 2.31. The summed E-state index contributed by atoms with van der Waals surface area (Å²) in [7, 11) is 3.56. The number of aliphatic imine (C=N–C) groups is 1.